The van der Waals surface area contributed by atoms with E-state index in [1.165, 1.54) is 0 Å². The largest absolute Gasteiger partial charge is 0.481 e. The van der Waals surface area contributed by atoms with Gasteiger partial charge in [0.15, 0.2) is 6.10 Å². The van der Waals surface area contributed by atoms with Gasteiger partial charge >= 0.3 is 23.2 Å². The number of carbonyl (C=O) groups excluding carboxylic acids is 1. The van der Waals surface area contributed by atoms with E-state index in [9.17, 15) is 28.7 Å². The van der Waals surface area contributed by atoms with Gasteiger partial charge in [-0.15, -0.1) is 0 Å². The molecule has 0 aromatic rings. The predicted molar refractivity (Wildman–Crippen MR) is 64.0 cm³/mol. The molecule has 22 heavy (non-hydrogen) atoms. The number of carbonyl (C=O) groups is 1. The van der Waals surface area contributed by atoms with E-state index >= 15 is 0 Å². The number of rotatable bonds is 9. The number of hydrogen-bond donors (Lipinski definition) is 8. The Labute approximate surface area is 122 Å². The van der Waals surface area contributed by atoms with Crippen LogP contribution < -0.4 is 0 Å². The molecule has 0 spiro atoms. The topological polar surface area (TPSA) is 249 Å². The molecule has 0 aliphatic heterocycles. The van der Waals surface area contributed by atoms with Gasteiger partial charge < -0.3 is 39.8 Å². The van der Waals surface area contributed by atoms with Gasteiger partial charge in [0.2, 0.25) is 0 Å². The van der Waals surface area contributed by atoms with Gasteiger partial charge in [-0.25, -0.2) is 9.13 Å². The summed E-state index contributed by atoms with van der Waals surface area (Å²) in [6.07, 6.45) is -7.61. The van der Waals surface area contributed by atoms with E-state index in [-0.39, 0.29) is 0 Å². The lowest BCUT2D eigenvalue weighted by Crippen LogP contribution is -2.44. The van der Waals surface area contributed by atoms with E-state index in [0.717, 1.165) is 0 Å². The zero-order valence-corrected chi connectivity index (χ0v) is 13.0. The highest BCUT2D eigenvalue weighted by Crippen LogP contribution is 2.57. The summed E-state index contributed by atoms with van der Waals surface area (Å²) in [4.78, 5) is 53.2. The standard InChI is InChI=1S/C5H13O14P3/c6-2(1-18-22(16,17)19-21(13,14)15)3(7)4(8)5(9)20(10,11)12/h2-4,6-8H,1H2,(H,16,17)(H2,10,11,12)(H2,13,14,15)/t2-,3-,4-/m1/s1. The number of phosphoric ester groups is 1. The summed E-state index contributed by atoms with van der Waals surface area (Å²) < 4.78 is 39.0. The van der Waals surface area contributed by atoms with Gasteiger partial charge in [-0.3, -0.25) is 13.9 Å². The van der Waals surface area contributed by atoms with Crippen LogP contribution in [0.4, 0.5) is 0 Å². The Morgan fingerprint density at radius 2 is 1.41 bits per heavy atom. The van der Waals surface area contributed by atoms with Crippen molar-refractivity contribution in [2.75, 3.05) is 6.61 Å². The van der Waals surface area contributed by atoms with Crippen LogP contribution in [0.25, 0.3) is 0 Å². The first-order valence-electron chi connectivity index (χ1n) is 4.95. The molecule has 0 aliphatic rings. The SMILES string of the molecule is O=C([C@H](O)[C@H](O)[C@H](O)COP(=O)(O)OP(=O)(O)O)P(=O)(O)O. The van der Waals surface area contributed by atoms with Gasteiger partial charge in [0, 0.05) is 0 Å². The van der Waals surface area contributed by atoms with Crippen molar-refractivity contribution in [3.05, 3.63) is 0 Å². The molecule has 1 unspecified atom stereocenters. The quantitative estimate of drug-likeness (QED) is 0.183. The maximum atomic E-state index is 11.0. The fourth-order valence-corrected chi connectivity index (χ4v) is 3.06. The molecular formula is C5H13O14P3. The highest BCUT2D eigenvalue weighted by molar-refractivity contribution is 7.70. The summed E-state index contributed by atoms with van der Waals surface area (Å²) in [5.41, 5.74) is -2.13. The molecule has 0 saturated carbocycles. The average Bonchev–Trinajstić information content (AvgIpc) is 2.29. The predicted octanol–water partition coefficient (Wildman–Crippen LogP) is -3.00. The Kier molecular flexibility index (Phi) is 7.67. The molecule has 0 bridgehead atoms. The van der Waals surface area contributed by atoms with E-state index in [1.807, 2.05) is 0 Å². The Bertz CT molecular complexity index is 531. The molecule has 132 valence electrons. The van der Waals surface area contributed by atoms with Crippen LogP contribution in [-0.2, 0) is 27.3 Å². The van der Waals surface area contributed by atoms with Crippen LogP contribution in [-0.4, -0.2) is 70.2 Å². The maximum Gasteiger partial charge on any atom is 0.481 e. The first kappa shape index (κ1) is 22.0. The number of phosphoric acid groups is 2. The van der Waals surface area contributed by atoms with E-state index in [1.54, 1.807) is 0 Å². The van der Waals surface area contributed by atoms with Crippen molar-refractivity contribution < 1.29 is 67.1 Å². The van der Waals surface area contributed by atoms with Crippen LogP contribution >= 0.6 is 23.2 Å². The van der Waals surface area contributed by atoms with Gasteiger partial charge in [0.05, 0.1) is 6.61 Å². The minimum Gasteiger partial charge on any atom is -0.388 e. The van der Waals surface area contributed by atoms with E-state index in [4.69, 9.17) is 29.6 Å². The summed E-state index contributed by atoms with van der Waals surface area (Å²) in [6, 6.07) is 0. The minimum absolute atomic E-state index is 1.37. The normalized spacial score (nSPS) is 20.0. The van der Waals surface area contributed by atoms with Crippen molar-refractivity contribution in [2.24, 2.45) is 0 Å². The lowest BCUT2D eigenvalue weighted by molar-refractivity contribution is -0.133. The molecular weight excluding hydrogens is 377 g/mol. The monoisotopic (exact) mass is 390 g/mol. The third-order valence-corrected chi connectivity index (χ3v) is 4.87. The lowest BCUT2D eigenvalue weighted by atomic mass is 10.1. The fraction of sp³-hybridized carbons (Fsp3) is 0.800. The molecule has 4 atom stereocenters. The molecule has 8 N–H and O–H groups in total. The van der Waals surface area contributed by atoms with Gasteiger partial charge in [-0.2, -0.15) is 4.31 Å². The number of hydrogen-bond acceptors (Lipinski definition) is 9. The van der Waals surface area contributed by atoms with Crippen molar-refractivity contribution in [3.8, 4) is 0 Å². The molecule has 0 saturated heterocycles. The average molecular weight is 390 g/mol. The van der Waals surface area contributed by atoms with Gasteiger partial charge in [-0.05, 0) is 0 Å². The maximum absolute atomic E-state index is 11.0. The Balaban J connectivity index is 4.71. The molecule has 0 aromatic carbocycles. The number of aliphatic hydroxyl groups excluding tert-OH is 3. The summed E-state index contributed by atoms with van der Waals surface area (Å²) >= 11 is 0. The van der Waals surface area contributed by atoms with Crippen LogP contribution in [0.2, 0.25) is 0 Å². The first-order valence-corrected chi connectivity index (χ1v) is 9.59. The van der Waals surface area contributed by atoms with E-state index in [0.29, 0.717) is 0 Å². The fourth-order valence-electron chi connectivity index (χ4n) is 0.956. The molecule has 0 fully saturated rings. The third kappa shape index (κ3) is 7.99. The highest BCUT2D eigenvalue weighted by Gasteiger charge is 2.41. The second-order valence-electron chi connectivity index (χ2n) is 3.72. The summed E-state index contributed by atoms with van der Waals surface area (Å²) in [5, 5.41) is 27.6. The summed E-state index contributed by atoms with van der Waals surface area (Å²) in [6.45, 7) is -1.37. The Morgan fingerprint density at radius 3 is 1.77 bits per heavy atom. The molecule has 0 radical (unpaired) electrons. The third-order valence-electron chi connectivity index (χ3n) is 1.88. The van der Waals surface area contributed by atoms with Crippen molar-refractivity contribution in [1.82, 2.24) is 0 Å². The lowest BCUT2D eigenvalue weighted by Gasteiger charge is -2.22. The van der Waals surface area contributed by atoms with Crippen molar-refractivity contribution >= 4 is 28.8 Å². The molecule has 0 heterocycles. The second kappa shape index (κ2) is 7.69. The molecule has 14 nitrogen and oxygen atoms in total. The van der Waals surface area contributed by atoms with Gasteiger partial charge in [0.1, 0.15) is 12.2 Å². The smallest absolute Gasteiger partial charge is 0.388 e. The van der Waals surface area contributed by atoms with Crippen molar-refractivity contribution in [2.45, 2.75) is 18.3 Å². The Hall–Kier alpha value is -0.0400. The van der Waals surface area contributed by atoms with Crippen molar-refractivity contribution in [1.29, 1.82) is 0 Å². The van der Waals surface area contributed by atoms with E-state index in [2.05, 4.69) is 8.83 Å². The minimum atomic E-state index is -5.42. The first-order chi connectivity index (χ1) is 9.57. The number of aliphatic hydroxyl groups is 3. The van der Waals surface area contributed by atoms with Crippen LogP contribution in [0.1, 0.15) is 0 Å². The zero-order chi connectivity index (χ0) is 17.9. The molecule has 0 aromatic heterocycles. The molecule has 0 amide bonds. The van der Waals surface area contributed by atoms with Crippen LogP contribution in [0.15, 0.2) is 0 Å². The van der Waals surface area contributed by atoms with Gasteiger partial charge in [0.25, 0.3) is 5.52 Å². The highest BCUT2D eigenvalue weighted by atomic mass is 31.3. The molecule has 0 aliphatic carbocycles. The summed E-state index contributed by atoms with van der Waals surface area (Å²) in [5.74, 6) is 0. The van der Waals surface area contributed by atoms with Crippen LogP contribution in [0.3, 0.4) is 0 Å². The second-order valence-corrected chi connectivity index (χ2v) is 8.08. The molecule has 17 heteroatoms. The Morgan fingerprint density at radius 1 is 0.955 bits per heavy atom. The summed E-state index contributed by atoms with van der Waals surface area (Å²) in [7, 11) is -16.2. The molecule has 0 rings (SSSR count). The van der Waals surface area contributed by atoms with Gasteiger partial charge in [-0.1, -0.05) is 0 Å². The van der Waals surface area contributed by atoms with Crippen molar-refractivity contribution in [3.63, 3.8) is 0 Å². The van der Waals surface area contributed by atoms with Crippen LogP contribution in [0, 0.1) is 0 Å². The zero-order valence-electron chi connectivity index (χ0n) is 10.3. The van der Waals surface area contributed by atoms with E-state index < -0.39 is 53.7 Å². The van der Waals surface area contributed by atoms with Crippen LogP contribution in [0.5, 0.6) is 0 Å².